The van der Waals surface area contributed by atoms with Crippen molar-refractivity contribution in [3.05, 3.63) is 53.5 Å². The molecular formula is C17H15ClN2O3. The number of anilines is 2. The third-order valence-corrected chi connectivity index (χ3v) is 3.86. The highest BCUT2D eigenvalue weighted by molar-refractivity contribution is 6.34. The maximum atomic E-state index is 12.0. The molecule has 2 heterocycles. The van der Waals surface area contributed by atoms with Gasteiger partial charge in [-0.1, -0.05) is 11.6 Å². The topological polar surface area (TPSA) is 62.6 Å². The maximum Gasteiger partial charge on any atom is 0.248 e. The number of carbonyl (C=O) groups is 2. The lowest BCUT2D eigenvalue weighted by Gasteiger charge is -2.17. The number of carbonyl (C=O) groups excluding carboxylic acids is 2. The van der Waals surface area contributed by atoms with Gasteiger partial charge in [0.25, 0.3) is 0 Å². The lowest BCUT2D eigenvalue weighted by Crippen LogP contribution is -2.23. The number of nitrogens with one attached hydrogen (secondary N) is 1. The van der Waals surface area contributed by atoms with Gasteiger partial charge in [-0.25, -0.2) is 0 Å². The molecule has 0 atom stereocenters. The summed E-state index contributed by atoms with van der Waals surface area (Å²) >= 11 is 6.12. The van der Waals surface area contributed by atoms with E-state index in [9.17, 15) is 9.59 Å². The first kappa shape index (κ1) is 15.4. The monoisotopic (exact) mass is 330 g/mol. The number of nitrogens with zero attached hydrogens (tertiary/aromatic N) is 1. The first-order valence-electron chi connectivity index (χ1n) is 7.26. The Morgan fingerprint density at radius 1 is 1.35 bits per heavy atom. The van der Waals surface area contributed by atoms with E-state index in [0.717, 1.165) is 12.1 Å². The van der Waals surface area contributed by atoms with E-state index in [1.54, 1.807) is 41.3 Å². The number of rotatable bonds is 4. The molecule has 3 rings (SSSR count). The second kappa shape index (κ2) is 6.71. The Kier molecular flexibility index (Phi) is 4.48. The molecule has 0 bridgehead atoms. The predicted molar refractivity (Wildman–Crippen MR) is 89.4 cm³/mol. The zero-order valence-electron chi connectivity index (χ0n) is 12.3. The smallest absolute Gasteiger partial charge is 0.248 e. The maximum absolute atomic E-state index is 12.0. The van der Waals surface area contributed by atoms with Crippen molar-refractivity contribution in [3.8, 4) is 0 Å². The van der Waals surface area contributed by atoms with Crippen LogP contribution in [0.25, 0.3) is 6.08 Å². The standard InChI is InChI=1S/C17H15ClN2O3/c18-14-7-5-12(20-9-1-4-17(20)22)11-15(14)19-16(21)8-6-13-3-2-10-23-13/h2-3,5-8,10-11H,1,4,9H2,(H,19,21). The molecule has 2 amide bonds. The summed E-state index contributed by atoms with van der Waals surface area (Å²) in [5, 5.41) is 3.13. The summed E-state index contributed by atoms with van der Waals surface area (Å²) in [5.74, 6) is 0.346. The molecule has 6 heteroatoms. The molecule has 0 aliphatic carbocycles. The fourth-order valence-corrected chi connectivity index (χ4v) is 2.58. The third-order valence-electron chi connectivity index (χ3n) is 3.54. The highest BCUT2D eigenvalue weighted by Crippen LogP contribution is 2.29. The van der Waals surface area contributed by atoms with Gasteiger partial charge in [0.05, 0.1) is 17.0 Å². The van der Waals surface area contributed by atoms with E-state index in [4.69, 9.17) is 16.0 Å². The zero-order valence-corrected chi connectivity index (χ0v) is 13.0. The first-order chi connectivity index (χ1) is 11.1. The lowest BCUT2D eigenvalue weighted by atomic mass is 10.2. The Balaban J connectivity index is 1.74. The zero-order chi connectivity index (χ0) is 16.2. The molecule has 1 saturated heterocycles. The number of amides is 2. The summed E-state index contributed by atoms with van der Waals surface area (Å²) in [4.78, 5) is 25.5. The molecule has 1 aliphatic rings. The molecule has 5 nitrogen and oxygen atoms in total. The largest absolute Gasteiger partial charge is 0.465 e. The van der Waals surface area contributed by atoms with Crippen molar-refractivity contribution < 1.29 is 14.0 Å². The normalized spacial score (nSPS) is 14.7. The minimum atomic E-state index is -0.326. The summed E-state index contributed by atoms with van der Waals surface area (Å²) in [6, 6.07) is 8.65. The number of hydrogen-bond donors (Lipinski definition) is 1. The molecule has 1 aromatic carbocycles. The van der Waals surface area contributed by atoms with E-state index >= 15 is 0 Å². The van der Waals surface area contributed by atoms with E-state index in [-0.39, 0.29) is 11.8 Å². The molecule has 1 aromatic heterocycles. The first-order valence-corrected chi connectivity index (χ1v) is 7.64. The van der Waals surface area contributed by atoms with Crippen LogP contribution in [0.5, 0.6) is 0 Å². The van der Waals surface area contributed by atoms with E-state index in [1.165, 1.54) is 12.3 Å². The van der Waals surface area contributed by atoms with Crippen molar-refractivity contribution in [3.63, 3.8) is 0 Å². The van der Waals surface area contributed by atoms with Crippen LogP contribution in [-0.2, 0) is 9.59 Å². The number of furan rings is 1. The van der Waals surface area contributed by atoms with Crippen LogP contribution in [-0.4, -0.2) is 18.4 Å². The number of halogens is 1. The summed E-state index contributed by atoms with van der Waals surface area (Å²) in [6.07, 6.45) is 5.86. The Morgan fingerprint density at radius 3 is 2.91 bits per heavy atom. The van der Waals surface area contributed by atoms with Gasteiger partial charge in [-0.2, -0.15) is 0 Å². The Hall–Kier alpha value is -2.53. The number of hydrogen-bond acceptors (Lipinski definition) is 3. The average Bonchev–Trinajstić information content (AvgIpc) is 3.19. The summed E-state index contributed by atoms with van der Waals surface area (Å²) < 4.78 is 5.12. The van der Waals surface area contributed by atoms with Gasteiger partial charge in [-0.05, 0) is 42.8 Å². The van der Waals surface area contributed by atoms with Crippen LogP contribution < -0.4 is 10.2 Å². The van der Waals surface area contributed by atoms with E-state index in [2.05, 4.69) is 5.32 Å². The van der Waals surface area contributed by atoms with Gasteiger partial charge in [-0.15, -0.1) is 0 Å². The van der Waals surface area contributed by atoms with Gasteiger partial charge in [0.1, 0.15) is 5.76 Å². The Labute approximate surface area is 138 Å². The van der Waals surface area contributed by atoms with Crippen LogP contribution in [0.15, 0.2) is 47.1 Å². The van der Waals surface area contributed by atoms with Crippen LogP contribution in [0.3, 0.4) is 0 Å². The van der Waals surface area contributed by atoms with Gasteiger partial charge >= 0.3 is 0 Å². The quantitative estimate of drug-likeness (QED) is 0.869. The van der Waals surface area contributed by atoms with Crippen LogP contribution in [0.4, 0.5) is 11.4 Å². The molecule has 118 valence electrons. The minimum absolute atomic E-state index is 0.0855. The molecule has 1 aliphatic heterocycles. The Morgan fingerprint density at radius 2 is 2.22 bits per heavy atom. The Bertz CT molecular complexity index is 753. The summed E-state index contributed by atoms with van der Waals surface area (Å²) in [5.41, 5.74) is 1.21. The molecule has 2 aromatic rings. The minimum Gasteiger partial charge on any atom is -0.465 e. The highest BCUT2D eigenvalue weighted by Gasteiger charge is 2.22. The molecule has 1 N–H and O–H groups in total. The fraction of sp³-hybridized carbons (Fsp3) is 0.176. The van der Waals surface area contributed by atoms with Crippen LogP contribution >= 0.6 is 11.6 Å². The van der Waals surface area contributed by atoms with Crippen molar-refractivity contribution in [2.45, 2.75) is 12.8 Å². The average molecular weight is 331 g/mol. The highest BCUT2D eigenvalue weighted by atomic mass is 35.5. The van der Waals surface area contributed by atoms with Crippen molar-refractivity contribution in [1.29, 1.82) is 0 Å². The molecular weight excluding hydrogens is 316 g/mol. The predicted octanol–water partition coefficient (Wildman–Crippen LogP) is 3.71. The molecule has 23 heavy (non-hydrogen) atoms. The van der Waals surface area contributed by atoms with Gasteiger partial charge < -0.3 is 14.6 Å². The van der Waals surface area contributed by atoms with Crippen LogP contribution in [0.1, 0.15) is 18.6 Å². The molecule has 0 saturated carbocycles. The second-order valence-corrected chi connectivity index (χ2v) is 5.56. The van der Waals surface area contributed by atoms with Gasteiger partial charge in [0.15, 0.2) is 0 Å². The molecule has 0 unspecified atom stereocenters. The SMILES string of the molecule is O=C(C=Cc1ccco1)Nc1cc(N2CCCC2=O)ccc1Cl. The number of benzene rings is 1. The molecule has 0 radical (unpaired) electrons. The lowest BCUT2D eigenvalue weighted by molar-refractivity contribution is -0.117. The summed E-state index contributed by atoms with van der Waals surface area (Å²) in [6.45, 7) is 0.687. The van der Waals surface area contributed by atoms with E-state index < -0.39 is 0 Å². The van der Waals surface area contributed by atoms with Crippen molar-refractivity contribution in [1.82, 2.24) is 0 Å². The summed E-state index contributed by atoms with van der Waals surface area (Å²) in [7, 11) is 0. The van der Waals surface area contributed by atoms with Crippen molar-refractivity contribution in [2.24, 2.45) is 0 Å². The van der Waals surface area contributed by atoms with Crippen LogP contribution in [0, 0.1) is 0 Å². The third kappa shape index (κ3) is 3.63. The van der Waals surface area contributed by atoms with Gasteiger partial charge in [0.2, 0.25) is 11.8 Å². The fourth-order valence-electron chi connectivity index (χ4n) is 2.42. The van der Waals surface area contributed by atoms with Gasteiger partial charge in [0, 0.05) is 24.7 Å². The van der Waals surface area contributed by atoms with E-state index in [1.807, 2.05) is 0 Å². The molecule has 1 fully saturated rings. The van der Waals surface area contributed by atoms with Crippen molar-refractivity contribution in [2.75, 3.05) is 16.8 Å². The van der Waals surface area contributed by atoms with Gasteiger partial charge in [-0.3, -0.25) is 9.59 Å². The van der Waals surface area contributed by atoms with E-state index in [0.29, 0.717) is 29.4 Å². The van der Waals surface area contributed by atoms with Crippen molar-refractivity contribution >= 4 is 40.9 Å². The van der Waals surface area contributed by atoms with Crippen LogP contribution in [0.2, 0.25) is 5.02 Å². The molecule has 0 spiro atoms. The second-order valence-electron chi connectivity index (χ2n) is 5.15.